The van der Waals surface area contributed by atoms with Crippen molar-refractivity contribution in [3.8, 4) is 0 Å². The first kappa shape index (κ1) is 21.7. The van der Waals surface area contributed by atoms with Gasteiger partial charge < -0.3 is 20.9 Å². The summed E-state index contributed by atoms with van der Waals surface area (Å²) in [5.41, 5.74) is 4.08. The van der Waals surface area contributed by atoms with Crippen LogP contribution in [0.4, 0.5) is 16.2 Å². The Labute approximate surface area is 195 Å². The van der Waals surface area contributed by atoms with Crippen LogP contribution < -0.4 is 20.9 Å². The third kappa shape index (κ3) is 4.00. The van der Waals surface area contributed by atoms with Gasteiger partial charge in [-0.25, -0.2) is 9.69 Å². The van der Waals surface area contributed by atoms with Crippen molar-refractivity contribution in [1.29, 1.82) is 0 Å². The third-order valence-corrected chi connectivity index (χ3v) is 6.28. The molecule has 0 bridgehead atoms. The summed E-state index contributed by atoms with van der Waals surface area (Å²) in [5.74, 6) is -1.07. The molecule has 1 aliphatic heterocycles. The van der Waals surface area contributed by atoms with Crippen LogP contribution in [0.3, 0.4) is 0 Å². The highest BCUT2D eigenvalue weighted by atomic mass is 16.2. The molecule has 9 nitrogen and oxygen atoms in total. The van der Waals surface area contributed by atoms with Gasteiger partial charge in [-0.2, -0.15) is 0 Å². The number of carbonyl (C=O) groups excluding carboxylic acids is 4. The monoisotopic (exact) mass is 459 g/mol. The van der Waals surface area contributed by atoms with Crippen LogP contribution in [0.15, 0.2) is 48.5 Å². The lowest BCUT2D eigenvalue weighted by atomic mass is 9.91. The van der Waals surface area contributed by atoms with Crippen LogP contribution in [0, 0.1) is 0 Å². The summed E-state index contributed by atoms with van der Waals surface area (Å²) in [6.07, 6.45) is 2.56. The standard InChI is InChI=1S/C25H25N5O4/c1-14(31)26-15-6-4-7-16(12-15)30-24(33)21(29-25(30)34)13-22(32)27-20-11-5-9-18-17-8-2-3-10-19(17)28-23(18)20/h2-4,6-8,10,12,20-21,28H,5,9,11,13H2,1H3,(H,26,31)(H,27,32)(H,29,34). The number of nitrogens with one attached hydrogen (secondary N) is 4. The van der Waals surface area contributed by atoms with E-state index < -0.39 is 18.0 Å². The summed E-state index contributed by atoms with van der Waals surface area (Å²) in [6, 6.07) is 12.8. The molecule has 5 amide bonds. The molecule has 0 radical (unpaired) electrons. The van der Waals surface area contributed by atoms with E-state index in [0.717, 1.165) is 35.4 Å². The van der Waals surface area contributed by atoms with Gasteiger partial charge in [-0.3, -0.25) is 14.4 Å². The van der Waals surface area contributed by atoms with Crippen LogP contribution in [-0.2, 0) is 20.8 Å². The minimum atomic E-state index is -0.956. The van der Waals surface area contributed by atoms with Gasteiger partial charge in [-0.05, 0) is 49.1 Å². The van der Waals surface area contributed by atoms with Gasteiger partial charge in [-0.1, -0.05) is 24.3 Å². The fraction of sp³-hybridized carbons (Fsp3) is 0.280. The topological polar surface area (TPSA) is 123 Å². The highest BCUT2D eigenvalue weighted by molar-refractivity contribution is 6.22. The molecule has 2 aromatic carbocycles. The van der Waals surface area contributed by atoms with E-state index in [0.29, 0.717) is 11.4 Å². The van der Waals surface area contributed by atoms with Gasteiger partial charge in [0.15, 0.2) is 0 Å². The molecule has 174 valence electrons. The molecule has 2 atom stereocenters. The molecule has 1 aromatic heterocycles. The molecule has 2 aliphatic rings. The highest BCUT2D eigenvalue weighted by Crippen LogP contribution is 2.34. The Hall–Kier alpha value is -4.14. The molecule has 0 saturated carbocycles. The van der Waals surface area contributed by atoms with Gasteiger partial charge in [-0.15, -0.1) is 0 Å². The Balaban J connectivity index is 1.28. The minimum Gasteiger partial charge on any atom is -0.356 e. The number of amides is 5. The van der Waals surface area contributed by atoms with Crippen molar-refractivity contribution in [2.24, 2.45) is 0 Å². The van der Waals surface area contributed by atoms with Gasteiger partial charge in [0.1, 0.15) is 6.04 Å². The molecule has 1 saturated heterocycles. The fourth-order valence-electron chi connectivity index (χ4n) is 4.84. The van der Waals surface area contributed by atoms with Crippen LogP contribution in [0.1, 0.15) is 43.5 Å². The Morgan fingerprint density at radius 3 is 2.76 bits per heavy atom. The van der Waals surface area contributed by atoms with E-state index >= 15 is 0 Å². The smallest absolute Gasteiger partial charge is 0.329 e. The van der Waals surface area contributed by atoms with E-state index in [2.05, 4.69) is 27.0 Å². The van der Waals surface area contributed by atoms with E-state index in [1.54, 1.807) is 24.3 Å². The molecule has 1 fully saturated rings. The Morgan fingerprint density at radius 1 is 1.12 bits per heavy atom. The lowest BCUT2D eigenvalue weighted by Gasteiger charge is -2.24. The van der Waals surface area contributed by atoms with E-state index in [1.165, 1.54) is 17.9 Å². The third-order valence-electron chi connectivity index (χ3n) is 6.28. The highest BCUT2D eigenvalue weighted by Gasteiger charge is 2.40. The number of anilines is 2. The van der Waals surface area contributed by atoms with Gasteiger partial charge >= 0.3 is 6.03 Å². The Kier molecular flexibility index (Phi) is 5.53. The molecule has 34 heavy (non-hydrogen) atoms. The van der Waals surface area contributed by atoms with Gasteiger partial charge in [0.2, 0.25) is 11.8 Å². The second-order valence-corrected chi connectivity index (χ2v) is 8.69. The summed E-state index contributed by atoms with van der Waals surface area (Å²) >= 11 is 0. The van der Waals surface area contributed by atoms with Crippen LogP contribution >= 0.6 is 0 Å². The maximum absolute atomic E-state index is 13.0. The van der Waals surface area contributed by atoms with Crippen LogP contribution in [-0.4, -0.2) is 34.8 Å². The first-order valence-electron chi connectivity index (χ1n) is 11.3. The molecule has 1 aliphatic carbocycles. The van der Waals surface area contributed by atoms with Crippen molar-refractivity contribution in [3.05, 3.63) is 59.8 Å². The number of H-pyrrole nitrogens is 1. The summed E-state index contributed by atoms with van der Waals surface area (Å²) in [4.78, 5) is 54.1. The maximum atomic E-state index is 13.0. The van der Waals surface area contributed by atoms with E-state index in [9.17, 15) is 19.2 Å². The molecule has 2 heterocycles. The fourth-order valence-corrected chi connectivity index (χ4v) is 4.84. The second kappa shape index (κ2) is 8.66. The number of urea groups is 1. The van der Waals surface area contributed by atoms with Crippen LogP contribution in [0.5, 0.6) is 0 Å². The quantitative estimate of drug-likeness (QED) is 0.438. The number of imide groups is 1. The molecular weight excluding hydrogens is 434 g/mol. The average molecular weight is 460 g/mol. The summed E-state index contributed by atoms with van der Waals surface area (Å²) in [6.45, 7) is 1.38. The predicted molar refractivity (Wildman–Crippen MR) is 127 cm³/mol. The lowest BCUT2D eigenvalue weighted by Crippen LogP contribution is -2.38. The maximum Gasteiger partial charge on any atom is 0.329 e. The van der Waals surface area contributed by atoms with Crippen LogP contribution in [0.25, 0.3) is 10.9 Å². The van der Waals surface area contributed by atoms with Crippen molar-refractivity contribution >= 4 is 46.0 Å². The number of hydrogen-bond donors (Lipinski definition) is 4. The molecule has 3 aromatic rings. The van der Waals surface area contributed by atoms with Crippen molar-refractivity contribution in [1.82, 2.24) is 15.6 Å². The number of fused-ring (bicyclic) bond motifs is 3. The predicted octanol–water partition coefficient (Wildman–Crippen LogP) is 3.14. The van der Waals surface area contributed by atoms with E-state index in [1.807, 2.05) is 18.2 Å². The Morgan fingerprint density at radius 2 is 1.94 bits per heavy atom. The number of rotatable bonds is 5. The van der Waals surface area contributed by atoms with Gasteiger partial charge in [0.25, 0.3) is 5.91 Å². The molecular formula is C25H25N5O4. The van der Waals surface area contributed by atoms with Crippen molar-refractivity contribution in [2.75, 3.05) is 10.2 Å². The number of aromatic nitrogens is 1. The van der Waals surface area contributed by atoms with E-state index in [4.69, 9.17) is 0 Å². The summed E-state index contributed by atoms with van der Waals surface area (Å²) < 4.78 is 0. The summed E-state index contributed by atoms with van der Waals surface area (Å²) in [5, 5.41) is 9.45. The van der Waals surface area contributed by atoms with Crippen molar-refractivity contribution in [2.45, 2.75) is 44.7 Å². The first-order chi connectivity index (χ1) is 16.4. The molecule has 4 N–H and O–H groups in total. The number of benzene rings is 2. The number of aryl methyl sites for hydroxylation is 1. The largest absolute Gasteiger partial charge is 0.356 e. The molecule has 0 spiro atoms. The zero-order chi connectivity index (χ0) is 23.8. The lowest BCUT2D eigenvalue weighted by molar-refractivity contribution is -0.126. The molecule has 5 rings (SSSR count). The number of nitrogens with zero attached hydrogens (tertiary/aromatic N) is 1. The van der Waals surface area contributed by atoms with Crippen LogP contribution in [0.2, 0.25) is 0 Å². The zero-order valence-corrected chi connectivity index (χ0v) is 18.7. The van der Waals surface area contributed by atoms with Crippen molar-refractivity contribution in [3.63, 3.8) is 0 Å². The number of carbonyl (C=O) groups is 4. The summed E-state index contributed by atoms with van der Waals surface area (Å²) in [7, 11) is 0. The first-order valence-corrected chi connectivity index (χ1v) is 11.3. The molecule has 9 heteroatoms. The zero-order valence-electron chi connectivity index (χ0n) is 18.7. The van der Waals surface area contributed by atoms with Crippen molar-refractivity contribution < 1.29 is 19.2 Å². The van der Waals surface area contributed by atoms with Gasteiger partial charge in [0, 0.05) is 29.2 Å². The molecule has 2 unspecified atom stereocenters. The second-order valence-electron chi connectivity index (χ2n) is 8.69. The van der Waals surface area contributed by atoms with E-state index in [-0.39, 0.29) is 24.3 Å². The number of para-hydroxylation sites is 1. The van der Waals surface area contributed by atoms with Gasteiger partial charge in [0.05, 0.1) is 18.2 Å². The Bertz CT molecular complexity index is 1310. The average Bonchev–Trinajstić information content (AvgIpc) is 3.31. The minimum absolute atomic E-state index is 0.154. The number of aromatic amines is 1. The number of hydrogen-bond acceptors (Lipinski definition) is 4. The SMILES string of the molecule is CC(=O)Nc1cccc(N2C(=O)NC(CC(=O)NC3CCCc4c3[nH]c3ccccc43)C2=O)c1. The normalized spacial score (nSPS) is 19.6.